The Morgan fingerprint density at radius 1 is 1.38 bits per heavy atom. The minimum Gasteiger partial charge on any atom is -0.464 e. The number of oxime groups is 1. The fraction of sp³-hybridized carbons (Fsp3) is 0.625. The Bertz CT molecular complexity index is 222. The van der Waals surface area contributed by atoms with Crippen LogP contribution in [0.15, 0.2) is 5.16 Å². The molecule has 0 aromatic carbocycles. The lowest BCUT2D eigenvalue weighted by atomic mass is 10.3. The molecule has 0 aliphatic carbocycles. The molecule has 0 radical (unpaired) electrons. The molecule has 0 spiro atoms. The van der Waals surface area contributed by atoms with Gasteiger partial charge in [-0.25, -0.2) is 4.79 Å². The predicted octanol–water partition coefficient (Wildman–Crippen LogP) is 0.531. The van der Waals surface area contributed by atoms with Gasteiger partial charge in [0.15, 0.2) is 5.78 Å². The fourth-order valence-corrected chi connectivity index (χ4v) is 0.543. The summed E-state index contributed by atoms with van der Waals surface area (Å²) in [5.74, 6) is -1.24. The Labute approximate surface area is 76.7 Å². The number of hydrogen-bond acceptors (Lipinski definition) is 5. The highest BCUT2D eigenvalue weighted by atomic mass is 16.6. The second kappa shape index (κ2) is 6.16. The van der Waals surface area contributed by atoms with Crippen molar-refractivity contribution < 1.29 is 19.2 Å². The lowest BCUT2D eigenvalue weighted by molar-refractivity contribution is -0.133. The third-order valence-electron chi connectivity index (χ3n) is 1.16. The zero-order chi connectivity index (χ0) is 10.3. The second-order valence-electron chi connectivity index (χ2n) is 2.32. The molecular formula is C8H13NO4. The minimum atomic E-state index is -0.774. The average molecular weight is 187 g/mol. The van der Waals surface area contributed by atoms with Crippen LogP contribution in [0.25, 0.3) is 0 Å². The minimum absolute atomic E-state index is 0.309. The summed E-state index contributed by atoms with van der Waals surface area (Å²) in [5.41, 5.74) is -0.309. The zero-order valence-corrected chi connectivity index (χ0v) is 7.99. The van der Waals surface area contributed by atoms with Crippen LogP contribution in [0.4, 0.5) is 0 Å². The first kappa shape index (κ1) is 11.6. The third kappa shape index (κ3) is 4.25. The molecule has 0 saturated heterocycles. The Morgan fingerprint density at radius 3 is 2.38 bits per heavy atom. The van der Waals surface area contributed by atoms with E-state index in [9.17, 15) is 9.59 Å². The number of hydrogen-bond donors (Lipinski definition) is 0. The van der Waals surface area contributed by atoms with Gasteiger partial charge in [-0.2, -0.15) is 0 Å². The standard InChI is InChI=1S/C8H13NO4/c1-4-5-13-9-7(6(2)10)8(11)12-3/h4-5H2,1-3H3/b9-7-. The highest BCUT2D eigenvalue weighted by Gasteiger charge is 2.17. The van der Waals surface area contributed by atoms with Gasteiger partial charge in [-0.15, -0.1) is 0 Å². The monoisotopic (exact) mass is 187 g/mol. The van der Waals surface area contributed by atoms with Crippen molar-refractivity contribution in [2.24, 2.45) is 5.16 Å². The van der Waals surface area contributed by atoms with Crippen LogP contribution in [-0.2, 0) is 19.2 Å². The Hall–Kier alpha value is -1.39. The summed E-state index contributed by atoms with van der Waals surface area (Å²) in [5, 5.41) is 3.38. The molecule has 0 N–H and O–H groups in total. The van der Waals surface area contributed by atoms with Gasteiger partial charge in [-0.1, -0.05) is 12.1 Å². The number of methoxy groups -OCH3 is 1. The molecule has 0 rings (SSSR count). The number of ketones is 1. The molecular weight excluding hydrogens is 174 g/mol. The molecule has 0 amide bonds. The van der Waals surface area contributed by atoms with Gasteiger partial charge < -0.3 is 9.57 Å². The van der Waals surface area contributed by atoms with Crippen molar-refractivity contribution in [3.05, 3.63) is 0 Å². The lowest BCUT2D eigenvalue weighted by Gasteiger charge is -2.00. The number of Topliss-reactive ketones (excluding diaryl/α,β-unsaturated/α-hetero) is 1. The first-order chi connectivity index (χ1) is 6.13. The molecule has 5 heteroatoms. The molecule has 0 aliphatic heterocycles. The van der Waals surface area contributed by atoms with Gasteiger partial charge in [-0.05, 0) is 6.42 Å². The normalized spacial score (nSPS) is 10.8. The van der Waals surface area contributed by atoms with Gasteiger partial charge in [0.05, 0.1) is 7.11 Å². The van der Waals surface area contributed by atoms with Crippen LogP contribution in [0, 0.1) is 0 Å². The van der Waals surface area contributed by atoms with Gasteiger partial charge in [0, 0.05) is 6.92 Å². The zero-order valence-electron chi connectivity index (χ0n) is 7.99. The summed E-state index contributed by atoms with van der Waals surface area (Å²) in [6.45, 7) is 3.49. The Balaban J connectivity index is 4.32. The number of carbonyl (C=O) groups excluding carboxylic acids is 2. The number of esters is 1. The quantitative estimate of drug-likeness (QED) is 0.207. The van der Waals surface area contributed by atoms with Crippen molar-refractivity contribution in [2.45, 2.75) is 20.3 Å². The molecule has 5 nitrogen and oxygen atoms in total. The predicted molar refractivity (Wildman–Crippen MR) is 46.4 cm³/mol. The molecule has 13 heavy (non-hydrogen) atoms. The number of rotatable bonds is 5. The molecule has 0 heterocycles. The van der Waals surface area contributed by atoms with E-state index in [1.165, 1.54) is 14.0 Å². The molecule has 0 aliphatic rings. The van der Waals surface area contributed by atoms with Crippen LogP contribution in [0.5, 0.6) is 0 Å². The van der Waals surface area contributed by atoms with E-state index in [4.69, 9.17) is 4.84 Å². The van der Waals surface area contributed by atoms with Gasteiger partial charge in [0.1, 0.15) is 6.61 Å². The van der Waals surface area contributed by atoms with Gasteiger partial charge >= 0.3 is 5.97 Å². The Kier molecular flexibility index (Phi) is 5.50. The smallest absolute Gasteiger partial charge is 0.363 e. The molecule has 0 aromatic heterocycles. The first-order valence-corrected chi connectivity index (χ1v) is 3.92. The summed E-state index contributed by atoms with van der Waals surface area (Å²) >= 11 is 0. The van der Waals surface area contributed by atoms with E-state index < -0.39 is 11.8 Å². The van der Waals surface area contributed by atoms with E-state index in [0.717, 1.165) is 6.42 Å². The van der Waals surface area contributed by atoms with E-state index in [0.29, 0.717) is 6.61 Å². The summed E-state index contributed by atoms with van der Waals surface area (Å²) in [7, 11) is 1.18. The summed E-state index contributed by atoms with van der Waals surface area (Å²) in [4.78, 5) is 26.4. The van der Waals surface area contributed by atoms with Crippen molar-refractivity contribution in [3.8, 4) is 0 Å². The highest BCUT2D eigenvalue weighted by molar-refractivity contribution is 6.63. The average Bonchev–Trinajstić information content (AvgIpc) is 2.11. The van der Waals surface area contributed by atoms with Crippen molar-refractivity contribution in [2.75, 3.05) is 13.7 Å². The largest absolute Gasteiger partial charge is 0.464 e. The van der Waals surface area contributed by atoms with E-state index in [1.807, 2.05) is 6.92 Å². The van der Waals surface area contributed by atoms with E-state index in [-0.39, 0.29) is 5.71 Å². The van der Waals surface area contributed by atoms with Crippen LogP contribution in [0.2, 0.25) is 0 Å². The highest BCUT2D eigenvalue weighted by Crippen LogP contribution is 1.89. The number of nitrogens with zero attached hydrogens (tertiary/aromatic N) is 1. The molecule has 0 aromatic rings. The topological polar surface area (TPSA) is 65.0 Å². The van der Waals surface area contributed by atoms with Crippen molar-refractivity contribution >= 4 is 17.5 Å². The first-order valence-electron chi connectivity index (χ1n) is 3.92. The van der Waals surface area contributed by atoms with Crippen LogP contribution in [0.1, 0.15) is 20.3 Å². The van der Waals surface area contributed by atoms with Crippen LogP contribution >= 0.6 is 0 Å². The van der Waals surface area contributed by atoms with Crippen molar-refractivity contribution in [1.82, 2.24) is 0 Å². The van der Waals surface area contributed by atoms with Crippen LogP contribution < -0.4 is 0 Å². The maximum absolute atomic E-state index is 10.9. The Morgan fingerprint density at radius 2 is 2.00 bits per heavy atom. The van der Waals surface area contributed by atoms with Gasteiger partial charge in [0.25, 0.3) is 0 Å². The van der Waals surface area contributed by atoms with Crippen LogP contribution in [0.3, 0.4) is 0 Å². The molecule has 0 fully saturated rings. The third-order valence-corrected chi connectivity index (χ3v) is 1.16. The molecule has 0 saturated carbocycles. The SMILES string of the molecule is CCCO/N=C(/C(C)=O)C(=O)OC. The van der Waals surface area contributed by atoms with Gasteiger partial charge in [0.2, 0.25) is 5.71 Å². The number of carbonyl (C=O) groups is 2. The van der Waals surface area contributed by atoms with E-state index >= 15 is 0 Å². The van der Waals surface area contributed by atoms with Crippen molar-refractivity contribution in [3.63, 3.8) is 0 Å². The molecule has 0 unspecified atom stereocenters. The molecule has 0 bridgehead atoms. The maximum Gasteiger partial charge on any atom is 0.363 e. The summed E-state index contributed by atoms with van der Waals surface area (Å²) < 4.78 is 4.33. The second-order valence-corrected chi connectivity index (χ2v) is 2.32. The maximum atomic E-state index is 10.9. The number of ether oxygens (including phenoxy) is 1. The van der Waals surface area contributed by atoms with Crippen molar-refractivity contribution in [1.29, 1.82) is 0 Å². The summed E-state index contributed by atoms with van der Waals surface area (Å²) in [6, 6.07) is 0. The lowest BCUT2D eigenvalue weighted by Crippen LogP contribution is -2.23. The summed E-state index contributed by atoms with van der Waals surface area (Å²) in [6.07, 6.45) is 0.760. The van der Waals surface area contributed by atoms with E-state index in [1.54, 1.807) is 0 Å². The fourth-order valence-electron chi connectivity index (χ4n) is 0.543. The molecule has 0 atom stereocenters. The van der Waals surface area contributed by atoms with Crippen LogP contribution in [-0.4, -0.2) is 31.2 Å². The van der Waals surface area contributed by atoms with Gasteiger partial charge in [-0.3, -0.25) is 4.79 Å². The van der Waals surface area contributed by atoms with E-state index in [2.05, 4.69) is 9.89 Å². The molecule has 74 valence electrons.